The van der Waals surface area contributed by atoms with Crippen LogP contribution in [0, 0.1) is 5.41 Å². The molecule has 0 saturated carbocycles. The summed E-state index contributed by atoms with van der Waals surface area (Å²) in [5.41, 5.74) is 8.30. The number of guanidine groups is 1. The van der Waals surface area contributed by atoms with Gasteiger partial charge >= 0.3 is 0 Å². The zero-order chi connectivity index (χ0) is 15.5. The number of nitrogens with one attached hydrogen (secondary N) is 2. The first kappa shape index (κ1) is 15.9. The molecule has 0 bridgehead atoms. The van der Waals surface area contributed by atoms with Crippen molar-refractivity contribution in [1.29, 1.82) is 5.41 Å². The Morgan fingerprint density at radius 3 is 2.52 bits per heavy atom. The second-order valence-electron chi connectivity index (χ2n) is 6.87. The molecule has 1 aliphatic heterocycles. The predicted octanol–water partition coefficient (Wildman–Crippen LogP) is 1.49. The fourth-order valence-corrected chi connectivity index (χ4v) is 2.98. The Hall–Kier alpha value is -1.49. The highest BCUT2D eigenvalue weighted by Crippen LogP contribution is 2.24. The zero-order valence-corrected chi connectivity index (χ0v) is 13.6. The topological polar surface area (TPSA) is 68.4 Å². The normalized spacial score (nSPS) is 20.8. The van der Waals surface area contributed by atoms with Crippen LogP contribution in [-0.4, -0.2) is 54.0 Å². The van der Waals surface area contributed by atoms with E-state index in [0.717, 1.165) is 39.0 Å². The van der Waals surface area contributed by atoms with Gasteiger partial charge in [0.1, 0.15) is 0 Å². The Balaban J connectivity index is 1.91. The summed E-state index contributed by atoms with van der Waals surface area (Å²) in [5, 5.41) is 10.1. The van der Waals surface area contributed by atoms with Gasteiger partial charge in [-0.2, -0.15) is 0 Å². The summed E-state index contributed by atoms with van der Waals surface area (Å²) in [4.78, 5) is 5.07. The molecule has 0 unspecified atom stereocenters. The minimum Gasteiger partial charge on any atom is -0.372 e. The van der Waals surface area contributed by atoms with Gasteiger partial charge in [0, 0.05) is 44.0 Å². The van der Waals surface area contributed by atoms with Crippen molar-refractivity contribution < 1.29 is 0 Å². The first-order valence-corrected chi connectivity index (χ1v) is 7.84. The van der Waals surface area contributed by atoms with Crippen molar-refractivity contribution in [2.45, 2.75) is 39.2 Å². The molecule has 1 heterocycles. The molecule has 1 aliphatic carbocycles. The van der Waals surface area contributed by atoms with Crippen LogP contribution in [-0.2, 0) is 0 Å². The molecule has 4 N–H and O–H groups in total. The highest BCUT2D eigenvalue weighted by Gasteiger charge is 2.26. The van der Waals surface area contributed by atoms with E-state index in [9.17, 15) is 0 Å². The molecule has 1 saturated heterocycles. The van der Waals surface area contributed by atoms with E-state index < -0.39 is 0 Å². The third-order valence-corrected chi connectivity index (χ3v) is 4.28. The lowest BCUT2D eigenvalue weighted by molar-refractivity contribution is 0.0748. The monoisotopic (exact) mass is 291 g/mol. The molecule has 0 aromatic heterocycles. The number of allylic oxidation sites excluding steroid dienone is 2. The van der Waals surface area contributed by atoms with E-state index in [1.807, 2.05) is 0 Å². The molecule has 5 heteroatoms. The molecular formula is C16H29N5. The van der Waals surface area contributed by atoms with E-state index >= 15 is 0 Å². The fraction of sp³-hybridized carbons (Fsp3) is 0.688. The molecule has 118 valence electrons. The lowest BCUT2D eigenvalue weighted by atomic mass is 10.0. The Bertz CT molecular complexity index is 436. The molecule has 5 nitrogen and oxygen atoms in total. The fourth-order valence-electron chi connectivity index (χ4n) is 2.98. The van der Waals surface area contributed by atoms with Gasteiger partial charge in [0.2, 0.25) is 0 Å². The number of nitrogens with zero attached hydrogens (tertiary/aromatic N) is 2. The molecule has 0 amide bonds. The number of hydrogen-bond donors (Lipinski definition) is 3. The molecule has 21 heavy (non-hydrogen) atoms. The van der Waals surface area contributed by atoms with E-state index in [4.69, 9.17) is 11.1 Å². The summed E-state index contributed by atoms with van der Waals surface area (Å²) in [6.45, 7) is 12.0. The molecular weight excluding hydrogens is 262 g/mol. The van der Waals surface area contributed by atoms with Gasteiger partial charge in [0.05, 0.1) is 0 Å². The molecule has 0 spiro atoms. The average molecular weight is 291 g/mol. The van der Waals surface area contributed by atoms with Crippen LogP contribution >= 0.6 is 0 Å². The van der Waals surface area contributed by atoms with Crippen molar-refractivity contribution in [2.75, 3.05) is 32.7 Å². The predicted molar refractivity (Wildman–Crippen MR) is 88.2 cm³/mol. The van der Waals surface area contributed by atoms with E-state index in [0.29, 0.717) is 6.54 Å². The third-order valence-electron chi connectivity index (χ3n) is 4.28. The van der Waals surface area contributed by atoms with Crippen molar-refractivity contribution in [3.63, 3.8) is 0 Å². The second-order valence-corrected chi connectivity index (χ2v) is 6.87. The van der Waals surface area contributed by atoms with Crippen LogP contribution in [0.15, 0.2) is 23.4 Å². The summed E-state index contributed by atoms with van der Waals surface area (Å²) >= 11 is 0. The van der Waals surface area contributed by atoms with Crippen LogP contribution in [0.3, 0.4) is 0 Å². The summed E-state index contributed by atoms with van der Waals surface area (Å²) in [5.74, 6) is 0.0372. The quantitative estimate of drug-likeness (QED) is 0.544. The maximum atomic E-state index is 7.24. The maximum Gasteiger partial charge on any atom is 0.185 e. The van der Waals surface area contributed by atoms with Gasteiger partial charge in [0.15, 0.2) is 5.96 Å². The Morgan fingerprint density at radius 2 is 1.95 bits per heavy atom. The van der Waals surface area contributed by atoms with E-state index in [2.05, 4.69) is 48.0 Å². The Labute approximate surface area is 128 Å². The SMILES string of the molecule is CC(C)(C)N1CCN(C2=CC(CNC(=N)N)=CCC2)CC1. The molecule has 1 fully saturated rings. The number of nitrogens with two attached hydrogens (primary N) is 1. The van der Waals surface area contributed by atoms with Crippen LogP contribution in [0.1, 0.15) is 33.6 Å². The number of hydrogen-bond acceptors (Lipinski definition) is 3. The molecule has 0 aromatic rings. The van der Waals surface area contributed by atoms with Crippen LogP contribution in [0.2, 0.25) is 0 Å². The van der Waals surface area contributed by atoms with E-state index in [-0.39, 0.29) is 11.5 Å². The highest BCUT2D eigenvalue weighted by atomic mass is 15.3. The third kappa shape index (κ3) is 4.49. The van der Waals surface area contributed by atoms with E-state index in [1.54, 1.807) is 0 Å². The van der Waals surface area contributed by atoms with Crippen LogP contribution < -0.4 is 11.1 Å². The summed E-state index contributed by atoms with van der Waals surface area (Å²) in [6, 6.07) is 0. The van der Waals surface area contributed by atoms with Crippen LogP contribution in [0.5, 0.6) is 0 Å². The smallest absolute Gasteiger partial charge is 0.185 e. The standard InChI is InChI=1S/C16H29N5/c1-16(2,3)21-9-7-20(8-10-21)14-6-4-5-13(11-14)12-19-15(17)18/h5,11H,4,6-10,12H2,1-3H3,(H4,17,18,19). The van der Waals surface area contributed by atoms with Gasteiger partial charge in [0.25, 0.3) is 0 Å². The highest BCUT2D eigenvalue weighted by molar-refractivity contribution is 5.74. The molecule has 2 rings (SSSR count). The second kappa shape index (κ2) is 6.52. The van der Waals surface area contributed by atoms with Crippen molar-refractivity contribution in [3.8, 4) is 0 Å². The van der Waals surface area contributed by atoms with Gasteiger partial charge in [-0.25, -0.2) is 0 Å². The van der Waals surface area contributed by atoms with Crippen molar-refractivity contribution >= 4 is 5.96 Å². The van der Waals surface area contributed by atoms with Crippen LogP contribution in [0.4, 0.5) is 0 Å². The Kier molecular flexibility index (Phi) is 4.93. The summed E-state index contributed by atoms with van der Waals surface area (Å²) in [7, 11) is 0. The molecule has 0 atom stereocenters. The number of piperazine rings is 1. The van der Waals surface area contributed by atoms with E-state index in [1.165, 1.54) is 11.3 Å². The first-order chi connectivity index (χ1) is 9.86. The summed E-state index contributed by atoms with van der Waals surface area (Å²) < 4.78 is 0. The lowest BCUT2D eigenvalue weighted by Gasteiger charge is -2.44. The largest absolute Gasteiger partial charge is 0.372 e. The minimum absolute atomic E-state index is 0.0372. The van der Waals surface area contributed by atoms with Crippen molar-refractivity contribution in [2.24, 2.45) is 5.73 Å². The van der Waals surface area contributed by atoms with Gasteiger partial charge in [-0.15, -0.1) is 0 Å². The Morgan fingerprint density at radius 1 is 1.29 bits per heavy atom. The molecule has 0 radical (unpaired) electrons. The molecule has 2 aliphatic rings. The van der Waals surface area contributed by atoms with Gasteiger partial charge < -0.3 is 16.0 Å². The van der Waals surface area contributed by atoms with Crippen LogP contribution in [0.25, 0.3) is 0 Å². The summed E-state index contributed by atoms with van der Waals surface area (Å²) in [6.07, 6.45) is 6.72. The van der Waals surface area contributed by atoms with Gasteiger partial charge in [-0.3, -0.25) is 10.3 Å². The lowest BCUT2D eigenvalue weighted by Crippen LogP contribution is -2.53. The van der Waals surface area contributed by atoms with Crippen molar-refractivity contribution in [3.05, 3.63) is 23.4 Å². The number of rotatable bonds is 3. The minimum atomic E-state index is 0.0372. The first-order valence-electron chi connectivity index (χ1n) is 7.84. The van der Waals surface area contributed by atoms with Crippen molar-refractivity contribution in [1.82, 2.24) is 15.1 Å². The zero-order valence-electron chi connectivity index (χ0n) is 13.6. The maximum absolute atomic E-state index is 7.24. The molecule has 0 aromatic carbocycles. The van der Waals surface area contributed by atoms with Gasteiger partial charge in [-0.05, 0) is 45.3 Å². The van der Waals surface area contributed by atoms with Gasteiger partial charge in [-0.1, -0.05) is 6.08 Å². The average Bonchev–Trinajstić information content (AvgIpc) is 2.45.